The largest absolute Gasteiger partial charge is 0.508 e. The molecule has 0 bridgehead atoms. The number of halogens is 1. The van der Waals surface area contributed by atoms with Gasteiger partial charge < -0.3 is 9.84 Å². The Morgan fingerprint density at radius 3 is 2.85 bits per heavy atom. The molecule has 3 nitrogen and oxygen atoms in total. The Morgan fingerprint density at radius 2 is 2.31 bits per heavy atom. The summed E-state index contributed by atoms with van der Waals surface area (Å²) in [5.74, 6) is 0.483. The normalized spacial score (nSPS) is 9.31. The zero-order valence-corrected chi connectivity index (χ0v) is 7.80. The highest BCUT2D eigenvalue weighted by Crippen LogP contribution is 2.34. The van der Waals surface area contributed by atoms with E-state index in [1.165, 1.54) is 13.2 Å². The molecular formula is C9H8ClNO2. The first-order valence-corrected chi connectivity index (χ1v) is 3.99. The van der Waals surface area contributed by atoms with Crippen molar-refractivity contribution in [3.8, 4) is 17.6 Å². The lowest BCUT2D eigenvalue weighted by Gasteiger charge is -2.07. The Bertz CT molecular complexity index is 357. The molecule has 0 heterocycles. The van der Waals surface area contributed by atoms with Crippen molar-refractivity contribution in [2.24, 2.45) is 0 Å². The third-order valence-corrected chi connectivity index (χ3v) is 2.07. The molecular weight excluding hydrogens is 190 g/mol. The first-order valence-electron chi connectivity index (χ1n) is 3.62. The number of methoxy groups -OCH3 is 1. The number of hydrogen-bond donors (Lipinski definition) is 1. The fourth-order valence-electron chi connectivity index (χ4n) is 0.994. The lowest BCUT2D eigenvalue weighted by atomic mass is 10.1. The van der Waals surface area contributed by atoms with Gasteiger partial charge in [0.2, 0.25) is 0 Å². The van der Waals surface area contributed by atoms with Crippen LogP contribution in [0.2, 0.25) is 5.02 Å². The Labute approximate surface area is 81.1 Å². The molecule has 0 saturated heterocycles. The Kier molecular flexibility index (Phi) is 2.99. The topological polar surface area (TPSA) is 53.2 Å². The summed E-state index contributed by atoms with van der Waals surface area (Å²) in [6.07, 6.45) is 0.0713. The zero-order chi connectivity index (χ0) is 9.84. The van der Waals surface area contributed by atoms with E-state index in [1.807, 2.05) is 6.07 Å². The van der Waals surface area contributed by atoms with Gasteiger partial charge in [0.25, 0.3) is 0 Å². The van der Waals surface area contributed by atoms with E-state index >= 15 is 0 Å². The van der Waals surface area contributed by atoms with Crippen LogP contribution in [-0.2, 0) is 6.42 Å². The number of phenols is 1. The molecule has 68 valence electrons. The summed E-state index contributed by atoms with van der Waals surface area (Å²) >= 11 is 5.86. The minimum atomic E-state index is 0.0207. The van der Waals surface area contributed by atoms with Crippen LogP contribution in [-0.4, -0.2) is 12.2 Å². The molecule has 0 aromatic heterocycles. The maximum absolute atomic E-state index is 9.35. The molecule has 0 saturated carbocycles. The minimum Gasteiger partial charge on any atom is -0.508 e. The van der Waals surface area contributed by atoms with Gasteiger partial charge in [0.1, 0.15) is 11.5 Å². The molecule has 0 atom stereocenters. The van der Waals surface area contributed by atoms with E-state index in [0.29, 0.717) is 16.3 Å². The van der Waals surface area contributed by atoms with Crippen molar-refractivity contribution in [2.75, 3.05) is 7.11 Å². The molecule has 4 heteroatoms. The van der Waals surface area contributed by atoms with Gasteiger partial charge in [-0.3, -0.25) is 0 Å². The molecule has 1 N–H and O–H groups in total. The van der Waals surface area contributed by atoms with Gasteiger partial charge in [-0.1, -0.05) is 11.6 Å². The smallest absolute Gasteiger partial charge is 0.138 e. The maximum Gasteiger partial charge on any atom is 0.138 e. The highest BCUT2D eigenvalue weighted by atomic mass is 35.5. The van der Waals surface area contributed by atoms with Gasteiger partial charge in [-0.2, -0.15) is 5.26 Å². The lowest BCUT2D eigenvalue weighted by molar-refractivity contribution is 0.411. The van der Waals surface area contributed by atoms with Crippen LogP contribution in [0.4, 0.5) is 0 Å². The number of rotatable bonds is 2. The molecule has 0 unspecified atom stereocenters. The molecule has 1 rings (SSSR count). The van der Waals surface area contributed by atoms with Crippen LogP contribution in [0.15, 0.2) is 12.1 Å². The molecule has 0 amide bonds. The minimum absolute atomic E-state index is 0.0207. The second kappa shape index (κ2) is 4.01. The Hall–Kier alpha value is -1.40. The van der Waals surface area contributed by atoms with Crippen LogP contribution in [0, 0.1) is 11.3 Å². The van der Waals surface area contributed by atoms with Crippen molar-refractivity contribution in [1.29, 1.82) is 5.26 Å². The van der Waals surface area contributed by atoms with Gasteiger partial charge in [-0.25, -0.2) is 0 Å². The van der Waals surface area contributed by atoms with Crippen LogP contribution in [0.5, 0.6) is 11.5 Å². The highest BCUT2D eigenvalue weighted by Gasteiger charge is 2.10. The summed E-state index contributed by atoms with van der Waals surface area (Å²) in [5, 5.41) is 18.1. The first-order chi connectivity index (χ1) is 6.20. The SMILES string of the molecule is COc1ccc(O)c(CC#N)c1Cl. The van der Waals surface area contributed by atoms with E-state index < -0.39 is 0 Å². The van der Waals surface area contributed by atoms with E-state index in [4.69, 9.17) is 21.6 Å². The first kappa shape index (κ1) is 9.69. The molecule has 0 aliphatic rings. The molecule has 0 fully saturated rings. The van der Waals surface area contributed by atoms with Crippen LogP contribution in [0.25, 0.3) is 0 Å². The quantitative estimate of drug-likeness (QED) is 0.790. The van der Waals surface area contributed by atoms with Gasteiger partial charge in [0, 0.05) is 5.56 Å². The molecule has 1 aromatic rings. The van der Waals surface area contributed by atoms with Crippen LogP contribution in [0.1, 0.15) is 5.56 Å². The number of nitriles is 1. The average molecular weight is 198 g/mol. The zero-order valence-electron chi connectivity index (χ0n) is 7.04. The highest BCUT2D eigenvalue weighted by molar-refractivity contribution is 6.33. The molecule has 0 radical (unpaired) electrons. The summed E-state index contributed by atoms with van der Waals surface area (Å²) in [6, 6.07) is 4.93. The van der Waals surface area contributed by atoms with Crippen LogP contribution >= 0.6 is 11.6 Å². The lowest BCUT2D eigenvalue weighted by Crippen LogP contribution is -1.90. The third-order valence-electron chi connectivity index (χ3n) is 1.66. The Morgan fingerprint density at radius 1 is 1.62 bits per heavy atom. The van der Waals surface area contributed by atoms with Gasteiger partial charge in [-0.05, 0) is 12.1 Å². The van der Waals surface area contributed by atoms with Gasteiger partial charge >= 0.3 is 0 Å². The third kappa shape index (κ3) is 1.85. The second-order valence-electron chi connectivity index (χ2n) is 2.41. The molecule has 0 aliphatic carbocycles. The molecule has 0 spiro atoms. The van der Waals surface area contributed by atoms with Crippen LogP contribution in [0.3, 0.4) is 0 Å². The van der Waals surface area contributed by atoms with Crippen molar-refractivity contribution in [2.45, 2.75) is 6.42 Å². The molecule has 0 aliphatic heterocycles. The number of nitrogens with zero attached hydrogens (tertiary/aromatic N) is 1. The van der Waals surface area contributed by atoms with Crippen molar-refractivity contribution < 1.29 is 9.84 Å². The predicted octanol–water partition coefficient (Wildman–Crippen LogP) is 2.12. The van der Waals surface area contributed by atoms with Gasteiger partial charge in [0.15, 0.2) is 0 Å². The summed E-state index contributed by atoms with van der Waals surface area (Å²) in [7, 11) is 1.48. The van der Waals surface area contributed by atoms with E-state index in [-0.39, 0.29) is 12.2 Å². The number of benzene rings is 1. The Balaban J connectivity index is 3.23. The summed E-state index contributed by atoms with van der Waals surface area (Å²) < 4.78 is 4.93. The van der Waals surface area contributed by atoms with Crippen molar-refractivity contribution in [3.05, 3.63) is 22.7 Å². The second-order valence-corrected chi connectivity index (χ2v) is 2.79. The van der Waals surface area contributed by atoms with Crippen molar-refractivity contribution >= 4 is 11.6 Å². The van der Waals surface area contributed by atoms with E-state index in [9.17, 15) is 5.11 Å². The van der Waals surface area contributed by atoms with E-state index in [0.717, 1.165) is 0 Å². The average Bonchev–Trinajstić information content (AvgIpc) is 2.12. The monoisotopic (exact) mass is 197 g/mol. The predicted molar refractivity (Wildman–Crippen MR) is 49.0 cm³/mol. The molecule has 1 aromatic carbocycles. The molecule has 13 heavy (non-hydrogen) atoms. The van der Waals surface area contributed by atoms with Crippen molar-refractivity contribution in [1.82, 2.24) is 0 Å². The van der Waals surface area contributed by atoms with Crippen molar-refractivity contribution in [3.63, 3.8) is 0 Å². The summed E-state index contributed by atoms with van der Waals surface area (Å²) in [4.78, 5) is 0. The maximum atomic E-state index is 9.35. The van der Waals surface area contributed by atoms with Gasteiger partial charge in [-0.15, -0.1) is 0 Å². The summed E-state index contributed by atoms with van der Waals surface area (Å²) in [5.41, 5.74) is 0.406. The number of ether oxygens (including phenoxy) is 1. The fourth-order valence-corrected chi connectivity index (χ4v) is 1.30. The van der Waals surface area contributed by atoms with E-state index in [2.05, 4.69) is 0 Å². The number of aromatic hydroxyl groups is 1. The number of hydrogen-bond acceptors (Lipinski definition) is 3. The van der Waals surface area contributed by atoms with Crippen LogP contribution < -0.4 is 4.74 Å². The van der Waals surface area contributed by atoms with Gasteiger partial charge in [0.05, 0.1) is 24.6 Å². The standard InChI is InChI=1S/C9H8ClNO2/c1-13-8-3-2-7(12)6(4-5-11)9(8)10/h2-3,12H,4H2,1H3. The summed E-state index contributed by atoms with van der Waals surface area (Å²) in [6.45, 7) is 0. The number of phenolic OH excluding ortho intramolecular Hbond substituents is 1. The van der Waals surface area contributed by atoms with E-state index in [1.54, 1.807) is 6.07 Å². The fraction of sp³-hybridized carbons (Fsp3) is 0.222.